The van der Waals surface area contributed by atoms with Gasteiger partial charge in [-0.3, -0.25) is 0 Å². The van der Waals surface area contributed by atoms with Crippen molar-refractivity contribution in [3.05, 3.63) is 0 Å². The Morgan fingerprint density at radius 1 is 0.583 bits per heavy atom. The number of aliphatic hydroxyl groups excluding tert-OH is 9. The molecule has 24 heavy (non-hydrogen) atoms. The molecule has 0 saturated carbocycles. The van der Waals surface area contributed by atoms with Gasteiger partial charge in [-0.25, -0.2) is 0 Å². The molecule has 2 aliphatic rings. The van der Waals surface area contributed by atoms with Gasteiger partial charge in [0.1, 0.15) is 48.8 Å². The highest BCUT2D eigenvalue weighted by atomic mass is 16.6. The first-order chi connectivity index (χ1) is 11.1. The van der Waals surface area contributed by atoms with Gasteiger partial charge in [-0.1, -0.05) is 0 Å². The van der Waals surface area contributed by atoms with E-state index in [9.17, 15) is 15.3 Å². The van der Waals surface area contributed by atoms with Gasteiger partial charge in [0, 0.05) is 0 Å². The van der Waals surface area contributed by atoms with Crippen molar-refractivity contribution in [3.8, 4) is 0 Å². The summed E-state index contributed by atoms with van der Waals surface area (Å²) in [7, 11) is 0. The van der Waals surface area contributed by atoms with E-state index in [-0.39, 0.29) is 6.61 Å². The minimum atomic E-state index is -1.57. The summed E-state index contributed by atoms with van der Waals surface area (Å²) in [6.07, 6.45) is -12.0. The molecule has 2 rings (SSSR count). The van der Waals surface area contributed by atoms with E-state index in [1.807, 2.05) is 0 Å². The van der Waals surface area contributed by atoms with Gasteiger partial charge in [-0.15, -0.1) is 0 Å². The number of aliphatic hydroxyl groups is 9. The molecule has 0 unspecified atom stereocenters. The van der Waals surface area contributed by atoms with E-state index in [0.29, 0.717) is 0 Å². The number of hydrogen-bond acceptors (Lipinski definition) is 11. The van der Waals surface area contributed by atoms with E-state index in [1.54, 1.807) is 6.92 Å². The van der Waals surface area contributed by atoms with E-state index in [4.69, 9.17) is 35.4 Å². The molecular weight excluding hydrogens is 332 g/mol. The van der Waals surface area contributed by atoms with Crippen LogP contribution in [0.3, 0.4) is 0 Å². The van der Waals surface area contributed by atoms with Gasteiger partial charge in [0.2, 0.25) is 0 Å². The molecule has 0 amide bonds. The molecule has 2 heterocycles. The van der Waals surface area contributed by atoms with Crippen LogP contribution in [0.2, 0.25) is 0 Å². The van der Waals surface area contributed by atoms with Crippen LogP contribution in [0.1, 0.15) is 6.92 Å². The zero-order valence-corrected chi connectivity index (χ0v) is 13.0. The molecule has 10 atom stereocenters. The zero-order valence-electron chi connectivity index (χ0n) is 13.0. The third-order valence-electron chi connectivity index (χ3n) is 4.00. The van der Waals surface area contributed by atoms with Crippen LogP contribution in [0, 0.1) is 0 Å². The standard InChI is InChI=1S/C7H14O5.C6H12O6/c1-3-5(9)7(11)6(10)4(2-8)12-3;7-1-2-3(8)4(9)5(10)6(11)12-2/h3-11H,2H2,1H3;2-11H,1H2/t3-,4+,5-,6+,7+;2-,3-,4+,5-,6+/m01/s1. The van der Waals surface area contributed by atoms with Crippen molar-refractivity contribution in [2.45, 2.75) is 68.1 Å². The molecule has 0 aromatic rings. The Morgan fingerprint density at radius 3 is 1.46 bits per heavy atom. The first kappa shape index (κ1) is 21.6. The molecule has 0 aliphatic carbocycles. The largest absolute Gasteiger partial charge is 0.394 e. The van der Waals surface area contributed by atoms with Crippen LogP contribution in [-0.2, 0) is 9.47 Å². The first-order valence-corrected chi connectivity index (χ1v) is 7.44. The average molecular weight is 358 g/mol. The highest BCUT2D eigenvalue weighted by molar-refractivity contribution is 4.90. The molecule has 11 heteroatoms. The van der Waals surface area contributed by atoms with Crippen molar-refractivity contribution in [1.29, 1.82) is 0 Å². The van der Waals surface area contributed by atoms with Crippen LogP contribution >= 0.6 is 0 Å². The summed E-state index contributed by atoms with van der Waals surface area (Å²) < 4.78 is 9.60. The summed E-state index contributed by atoms with van der Waals surface area (Å²) in [6, 6.07) is 0. The van der Waals surface area contributed by atoms with Gasteiger partial charge in [0.25, 0.3) is 0 Å². The van der Waals surface area contributed by atoms with Crippen LogP contribution in [0.4, 0.5) is 0 Å². The van der Waals surface area contributed by atoms with Gasteiger partial charge in [0.05, 0.1) is 19.3 Å². The molecule has 11 nitrogen and oxygen atoms in total. The lowest BCUT2D eigenvalue weighted by Crippen LogP contribution is -2.58. The van der Waals surface area contributed by atoms with Crippen molar-refractivity contribution >= 4 is 0 Å². The van der Waals surface area contributed by atoms with Crippen molar-refractivity contribution < 1.29 is 55.4 Å². The lowest BCUT2D eigenvalue weighted by Gasteiger charge is -2.38. The number of ether oxygens (including phenoxy) is 2. The third-order valence-corrected chi connectivity index (χ3v) is 4.00. The summed E-state index contributed by atoms with van der Waals surface area (Å²) in [5, 5.41) is 81.0. The van der Waals surface area contributed by atoms with Crippen molar-refractivity contribution in [1.82, 2.24) is 0 Å². The van der Waals surface area contributed by atoms with E-state index in [2.05, 4.69) is 4.74 Å². The maximum absolute atomic E-state index is 9.23. The molecule has 144 valence electrons. The maximum Gasteiger partial charge on any atom is 0.184 e. The SMILES string of the molecule is C[C@@H]1O[C@H](CO)[C@@H](O)[C@H](O)[C@H]1O.OC[C@H]1O[C@H](O)[C@H](O)[C@@H](O)[C@@H]1O. The molecular formula is C13H26O11. The lowest BCUT2D eigenvalue weighted by atomic mass is 9.96. The molecule has 0 aromatic heterocycles. The molecule has 0 radical (unpaired) electrons. The predicted octanol–water partition coefficient (Wildman–Crippen LogP) is -5.37. The average Bonchev–Trinajstić information content (AvgIpc) is 2.58. The van der Waals surface area contributed by atoms with E-state index in [0.717, 1.165) is 0 Å². The van der Waals surface area contributed by atoms with Gasteiger partial charge < -0.3 is 55.4 Å². The van der Waals surface area contributed by atoms with Crippen LogP contribution in [0.25, 0.3) is 0 Å². The van der Waals surface area contributed by atoms with Gasteiger partial charge in [-0.2, -0.15) is 0 Å². The highest BCUT2D eigenvalue weighted by Gasteiger charge is 2.42. The van der Waals surface area contributed by atoms with Crippen LogP contribution in [0.5, 0.6) is 0 Å². The fourth-order valence-electron chi connectivity index (χ4n) is 2.37. The second-order valence-electron chi connectivity index (χ2n) is 5.75. The quantitative estimate of drug-likeness (QED) is 0.228. The van der Waals surface area contributed by atoms with Crippen molar-refractivity contribution in [2.75, 3.05) is 13.2 Å². The van der Waals surface area contributed by atoms with Crippen LogP contribution in [0.15, 0.2) is 0 Å². The molecule has 0 aromatic carbocycles. The van der Waals surface area contributed by atoms with Crippen molar-refractivity contribution in [3.63, 3.8) is 0 Å². The fourth-order valence-corrected chi connectivity index (χ4v) is 2.37. The molecule has 0 spiro atoms. The van der Waals surface area contributed by atoms with E-state index in [1.165, 1.54) is 0 Å². The number of hydrogen-bond donors (Lipinski definition) is 9. The Bertz CT molecular complexity index is 326. The Kier molecular flexibility index (Phi) is 8.38. The van der Waals surface area contributed by atoms with E-state index >= 15 is 0 Å². The Labute approximate surface area is 137 Å². The Hall–Kier alpha value is -0.440. The summed E-state index contributed by atoms with van der Waals surface area (Å²) in [4.78, 5) is 0. The van der Waals surface area contributed by atoms with Crippen LogP contribution in [-0.4, -0.2) is 120 Å². The molecule has 0 bridgehead atoms. The molecule has 2 saturated heterocycles. The Morgan fingerprint density at radius 2 is 1.00 bits per heavy atom. The van der Waals surface area contributed by atoms with Gasteiger partial charge in [0.15, 0.2) is 6.29 Å². The smallest absolute Gasteiger partial charge is 0.184 e. The van der Waals surface area contributed by atoms with E-state index < -0.39 is 67.8 Å². The normalized spacial score (nSPS) is 49.2. The topological polar surface area (TPSA) is 201 Å². The molecule has 9 N–H and O–H groups in total. The maximum atomic E-state index is 9.23. The molecule has 2 aliphatic heterocycles. The second-order valence-corrected chi connectivity index (χ2v) is 5.75. The predicted molar refractivity (Wildman–Crippen MR) is 75.4 cm³/mol. The second kappa shape index (κ2) is 9.31. The van der Waals surface area contributed by atoms with Crippen molar-refractivity contribution in [2.24, 2.45) is 0 Å². The Balaban J connectivity index is 0.000000240. The lowest BCUT2D eigenvalue weighted by molar-refractivity contribution is -0.286. The van der Waals surface area contributed by atoms with Gasteiger partial charge >= 0.3 is 0 Å². The first-order valence-electron chi connectivity index (χ1n) is 7.44. The zero-order chi connectivity index (χ0) is 18.6. The highest BCUT2D eigenvalue weighted by Crippen LogP contribution is 2.20. The third kappa shape index (κ3) is 4.80. The fraction of sp³-hybridized carbons (Fsp3) is 1.00. The summed E-state index contributed by atoms with van der Waals surface area (Å²) in [5.74, 6) is 0. The summed E-state index contributed by atoms with van der Waals surface area (Å²) >= 11 is 0. The monoisotopic (exact) mass is 358 g/mol. The van der Waals surface area contributed by atoms with Gasteiger partial charge in [-0.05, 0) is 6.92 Å². The number of rotatable bonds is 2. The summed E-state index contributed by atoms with van der Waals surface area (Å²) in [5.41, 5.74) is 0. The minimum absolute atomic E-state index is 0.366. The van der Waals surface area contributed by atoms with Crippen LogP contribution < -0.4 is 0 Å². The minimum Gasteiger partial charge on any atom is -0.394 e. The molecule has 2 fully saturated rings. The summed E-state index contributed by atoms with van der Waals surface area (Å²) in [6.45, 7) is 0.680.